The van der Waals surface area contributed by atoms with Gasteiger partial charge in [0.2, 0.25) is 5.91 Å². The molecule has 0 saturated carbocycles. The number of nitrogens with zero attached hydrogens (tertiary/aromatic N) is 2. The van der Waals surface area contributed by atoms with Crippen LogP contribution in [-0.4, -0.2) is 22.9 Å². The third kappa shape index (κ3) is 4.02. The fourth-order valence-corrected chi connectivity index (χ4v) is 3.19. The minimum atomic E-state index is -0.168. The van der Waals surface area contributed by atoms with Gasteiger partial charge in [-0.25, -0.2) is 5.43 Å². The Kier molecular flexibility index (Phi) is 4.96. The van der Waals surface area contributed by atoms with Crippen molar-refractivity contribution in [2.45, 2.75) is 18.7 Å². The summed E-state index contributed by atoms with van der Waals surface area (Å²) >= 11 is 1.48. The van der Waals surface area contributed by atoms with Crippen LogP contribution in [0, 0.1) is 13.8 Å². The highest BCUT2D eigenvalue weighted by Gasteiger charge is 2.08. The van der Waals surface area contributed by atoms with Crippen LogP contribution in [0.5, 0.6) is 0 Å². The summed E-state index contributed by atoms with van der Waals surface area (Å²) in [5.41, 5.74) is 5.55. The van der Waals surface area contributed by atoms with Crippen LogP contribution in [0.25, 0.3) is 10.9 Å². The number of carbonyl (C=O) groups is 1. The number of carbonyl (C=O) groups excluding carboxylic acids is 1. The number of furan rings is 1. The lowest BCUT2D eigenvalue weighted by atomic mass is 10.1. The first-order valence-electron chi connectivity index (χ1n) is 7.48. The van der Waals surface area contributed by atoms with E-state index in [9.17, 15) is 4.79 Å². The van der Waals surface area contributed by atoms with E-state index in [1.165, 1.54) is 23.5 Å². The van der Waals surface area contributed by atoms with Gasteiger partial charge in [-0.15, -0.1) is 11.8 Å². The molecule has 0 aliphatic rings. The van der Waals surface area contributed by atoms with E-state index >= 15 is 0 Å². The summed E-state index contributed by atoms with van der Waals surface area (Å²) in [6, 6.07) is 11.7. The second-order valence-electron chi connectivity index (χ2n) is 5.38. The highest BCUT2D eigenvalue weighted by Crippen LogP contribution is 2.28. The number of amides is 1. The number of benzene rings is 1. The Morgan fingerprint density at radius 1 is 1.33 bits per heavy atom. The van der Waals surface area contributed by atoms with Crippen molar-refractivity contribution in [1.29, 1.82) is 0 Å². The fraction of sp³-hybridized carbons (Fsp3) is 0.167. The van der Waals surface area contributed by atoms with Crippen LogP contribution in [0.2, 0.25) is 0 Å². The molecule has 0 saturated heterocycles. The standard InChI is InChI=1S/C18H17N3O2S/c1-12-5-6-16-15(8-12)17(9-13(2)20-16)24-11-18(22)21-19-10-14-4-3-7-23-14/h3-10H,11H2,1-2H3,(H,21,22). The zero-order chi connectivity index (χ0) is 16.9. The van der Waals surface area contributed by atoms with Crippen LogP contribution < -0.4 is 5.43 Å². The number of pyridine rings is 1. The summed E-state index contributed by atoms with van der Waals surface area (Å²) in [7, 11) is 0. The van der Waals surface area contributed by atoms with E-state index in [1.807, 2.05) is 32.0 Å². The highest BCUT2D eigenvalue weighted by molar-refractivity contribution is 8.00. The van der Waals surface area contributed by atoms with E-state index in [0.717, 1.165) is 21.5 Å². The van der Waals surface area contributed by atoms with Gasteiger partial charge in [0.1, 0.15) is 5.76 Å². The third-order valence-electron chi connectivity index (χ3n) is 3.34. The first kappa shape index (κ1) is 16.3. The zero-order valence-electron chi connectivity index (χ0n) is 13.4. The molecule has 0 bridgehead atoms. The maximum Gasteiger partial charge on any atom is 0.250 e. The molecule has 0 atom stereocenters. The monoisotopic (exact) mass is 339 g/mol. The Bertz CT molecular complexity index is 889. The Hall–Kier alpha value is -2.60. The van der Waals surface area contributed by atoms with Crippen molar-refractivity contribution in [2.24, 2.45) is 5.10 Å². The van der Waals surface area contributed by atoms with Crippen LogP contribution in [0.3, 0.4) is 0 Å². The second-order valence-corrected chi connectivity index (χ2v) is 6.40. The first-order valence-corrected chi connectivity index (χ1v) is 8.46. The van der Waals surface area contributed by atoms with Crippen molar-refractivity contribution in [3.63, 3.8) is 0 Å². The number of aryl methyl sites for hydroxylation is 2. The van der Waals surface area contributed by atoms with Crippen molar-refractivity contribution in [3.05, 3.63) is 59.7 Å². The predicted molar refractivity (Wildman–Crippen MR) is 96.4 cm³/mol. The van der Waals surface area contributed by atoms with Crippen LogP contribution in [0.4, 0.5) is 0 Å². The average Bonchev–Trinajstić information content (AvgIpc) is 3.06. The molecule has 3 aromatic rings. The van der Waals surface area contributed by atoms with Gasteiger partial charge in [-0.2, -0.15) is 5.10 Å². The Labute approximate surface area is 144 Å². The number of rotatable bonds is 5. The van der Waals surface area contributed by atoms with E-state index in [1.54, 1.807) is 18.4 Å². The molecule has 0 spiro atoms. The van der Waals surface area contributed by atoms with Crippen LogP contribution >= 0.6 is 11.8 Å². The van der Waals surface area contributed by atoms with E-state index < -0.39 is 0 Å². The fourth-order valence-electron chi connectivity index (χ4n) is 2.26. The van der Waals surface area contributed by atoms with Gasteiger partial charge in [-0.05, 0) is 44.2 Å². The van der Waals surface area contributed by atoms with Crippen LogP contribution in [0.1, 0.15) is 17.0 Å². The largest absolute Gasteiger partial charge is 0.463 e. The molecule has 24 heavy (non-hydrogen) atoms. The average molecular weight is 339 g/mol. The highest BCUT2D eigenvalue weighted by atomic mass is 32.2. The Morgan fingerprint density at radius 3 is 3.00 bits per heavy atom. The Balaban J connectivity index is 1.66. The molecular weight excluding hydrogens is 322 g/mol. The van der Waals surface area contributed by atoms with E-state index in [-0.39, 0.29) is 11.7 Å². The lowest BCUT2D eigenvalue weighted by Crippen LogP contribution is -2.19. The summed E-state index contributed by atoms with van der Waals surface area (Å²) in [6.07, 6.45) is 3.02. The number of nitrogens with one attached hydrogen (secondary N) is 1. The molecule has 2 aromatic heterocycles. The number of aromatic nitrogens is 1. The van der Waals surface area contributed by atoms with E-state index in [2.05, 4.69) is 21.6 Å². The van der Waals surface area contributed by atoms with E-state index in [4.69, 9.17) is 4.42 Å². The predicted octanol–water partition coefficient (Wildman–Crippen LogP) is 3.69. The van der Waals surface area contributed by atoms with Gasteiger partial charge in [0.15, 0.2) is 0 Å². The molecule has 0 fully saturated rings. The number of thioether (sulfide) groups is 1. The molecule has 6 heteroatoms. The van der Waals surface area contributed by atoms with E-state index in [0.29, 0.717) is 5.76 Å². The smallest absolute Gasteiger partial charge is 0.250 e. The van der Waals surface area contributed by atoms with Gasteiger partial charge in [0.05, 0.1) is 23.7 Å². The van der Waals surface area contributed by atoms with Crippen LogP contribution in [-0.2, 0) is 4.79 Å². The third-order valence-corrected chi connectivity index (χ3v) is 4.39. The molecule has 1 N–H and O–H groups in total. The van der Waals surface area contributed by atoms with Gasteiger partial charge in [0, 0.05) is 16.0 Å². The second kappa shape index (κ2) is 7.31. The number of hydrazone groups is 1. The van der Waals surface area contributed by atoms with Gasteiger partial charge < -0.3 is 4.42 Å². The Morgan fingerprint density at radius 2 is 2.21 bits per heavy atom. The van der Waals surface area contributed by atoms with Crippen molar-refractivity contribution < 1.29 is 9.21 Å². The number of fused-ring (bicyclic) bond motifs is 1. The van der Waals surface area contributed by atoms with Gasteiger partial charge in [-0.3, -0.25) is 9.78 Å². The van der Waals surface area contributed by atoms with Crippen molar-refractivity contribution in [2.75, 3.05) is 5.75 Å². The quantitative estimate of drug-likeness (QED) is 0.437. The summed E-state index contributed by atoms with van der Waals surface area (Å²) in [4.78, 5) is 17.5. The molecule has 122 valence electrons. The lowest BCUT2D eigenvalue weighted by Gasteiger charge is -2.08. The summed E-state index contributed by atoms with van der Waals surface area (Å²) in [5.74, 6) is 0.703. The van der Waals surface area contributed by atoms with Crippen molar-refractivity contribution >= 4 is 34.8 Å². The van der Waals surface area contributed by atoms with Crippen molar-refractivity contribution in [1.82, 2.24) is 10.4 Å². The molecule has 0 radical (unpaired) electrons. The van der Waals surface area contributed by atoms with Crippen molar-refractivity contribution in [3.8, 4) is 0 Å². The summed E-state index contributed by atoms with van der Waals surface area (Å²) < 4.78 is 5.10. The van der Waals surface area contributed by atoms with Gasteiger partial charge in [-0.1, -0.05) is 11.6 Å². The molecule has 1 aromatic carbocycles. The van der Waals surface area contributed by atoms with Crippen LogP contribution in [0.15, 0.2) is 57.1 Å². The lowest BCUT2D eigenvalue weighted by molar-refractivity contribution is -0.118. The molecule has 1 amide bonds. The molecule has 0 unspecified atom stereocenters. The zero-order valence-corrected chi connectivity index (χ0v) is 14.3. The molecule has 3 rings (SSSR count). The molecule has 0 aliphatic heterocycles. The SMILES string of the molecule is Cc1ccc2nc(C)cc(SCC(=O)NN=Cc3ccco3)c2c1. The number of hydrogen-bond donors (Lipinski definition) is 1. The topological polar surface area (TPSA) is 67.5 Å². The van der Waals surface area contributed by atoms with Gasteiger partial charge >= 0.3 is 0 Å². The number of hydrogen-bond acceptors (Lipinski definition) is 5. The summed E-state index contributed by atoms with van der Waals surface area (Å²) in [5, 5.41) is 4.94. The molecule has 2 heterocycles. The minimum Gasteiger partial charge on any atom is -0.463 e. The molecular formula is C18H17N3O2S. The summed E-state index contributed by atoms with van der Waals surface area (Å²) in [6.45, 7) is 4.00. The molecule has 0 aliphatic carbocycles. The maximum atomic E-state index is 11.9. The molecule has 5 nitrogen and oxygen atoms in total. The minimum absolute atomic E-state index is 0.168. The normalized spacial score (nSPS) is 11.2. The van der Waals surface area contributed by atoms with Gasteiger partial charge in [0.25, 0.3) is 0 Å². The maximum absolute atomic E-state index is 11.9. The first-order chi connectivity index (χ1) is 11.6.